The fourth-order valence-electron chi connectivity index (χ4n) is 2.59. The molecular formula is C15H18BrN3O2. The predicted octanol–water partition coefficient (Wildman–Crippen LogP) is 3.01. The number of aromatic nitrogens is 3. The van der Waals surface area contributed by atoms with Crippen LogP contribution in [0.2, 0.25) is 0 Å². The first-order valence-electron chi connectivity index (χ1n) is 7.16. The Bertz CT molecular complexity index is 640. The maximum Gasteiger partial charge on any atom is 0.171 e. The van der Waals surface area contributed by atoms with Gasteiger partial charge >= 0.3 is 0 Å². The second-order valence-electron chi connectivity index (χ2n) is 5.29. The van der Waals surface area contributed by atoms with Gasteiger partial charge < -0.3 is 14.4 Å². The van der Waals surface area contributed by atoms with E-state index in [2.05, 4.69) is 30.7 Å². The number of hydrogen-bond acceptors (Lipinski definition) is 4. The van der Waals surface area contributed by atoms with Gasteiger partial charge in [0.1, 0.15) is 18.2 Å². The van der Waals surface area contributed by atoms with Crippen LogP contribution in [0.15, 0.2) is 22.7 Å². The molecule has 6 heteroatoms. The number of fused-ring (bicyclic) bond motifs is 1. The van der Waals surface area contributed by atoms with Crippen molar-refractivity contribution in [3.05, 3.63) is 39.9 Å². The highest BCUT2D eigenvalue weighted by Crippen LogP contribution is 2.29. The smallest absolute Gasteiger partial charge is 0.171 e. The van der Waals surface area contributed by atoms with Gasteiger partial charge in [0.15, 0.2) is 5.82 Å². The average molecular weight is 352 g/mol. The fourth-order valence-corrected chi connectivity index (χ4v) is 2.97. The van der Waals surface area contributed by atoms with Gasteiger partial charge in [0, 0.05) is 23.0 Å². The molecule has 0 radical (unpaired) electrons. The van der Waals surface area contributed by atoms with E-state index in [1.165, 1.54) is 6.42 Å². The van der Waals surface area contributed by atoms with Crippen LogP contribution >= 0.6 is 15.9 Å². The zero-order valence-corrected chi connectivity index (χ0v) is 13.5. The number of ether oxygens (including phenoxy) is 1. The number of nitrogens with zero attached hydrogens (tertiary/aromatic N) is 3. The first kappa shape index (κ1) is 14.5. The number of aryl methyl sites for hydroxylation is 1. The van der Waals surface area contributed by atoms with Gasteiger partial charge in [0.25, 0.3) is 0 Å². The minimum absolute atomic E-state index is 0.369. The van der Waals surface area contributed by atoms with E-state index in [1.54, 1.807) is 6.92 Å². The van der Waals surface area contributed by atoms with Crippen LogP contribution in [-0.4, -0.2) is 19.9 Å². The van der Waals surface area contributed by atoms with Crippen molar-refractivity contribution in [3.8, 4) is 5.75 Å². The Morgan fingerprint density at radius 3 is 3.05 bits per heavy atom. The monoisotopic (exact) mass is 351 g/mol. The van der Waals surface area contributed by atoms with Crippen LogP contribution < -0.4 is 4.74 Å². The molecule has 1 atom stereocenters. The number of benzene rings is 1. The quantitative estimate of drug-likeness (QED) is 0.919. The highest BCUT2D eigenvalue weighted by atomic mass is 79.9. The molecule has 1 N–H and O–H groups in total. The largest absolute Gasteiger partial charge is 0.485 e. The molecule has 5 nitrogen and oxygen atoms in total. The maximum absolute atomic E-state index is 9.84. The van der Waals surface area contributed by atoms with Crippen LogP contribution in [0.25, 0.3) is 0 Å². The minimum atomic E-state index is -0.579. The van der Waals surface area contributed by atoms with Crippen LogP contribution in [0.5, 0.6) is 5.75 Å². The molecule has 1 aromatic heterocycles. The van der Waals surface area contributed by atoms with E-state index in [4.69, 9.17) is 4.74 Å². The summed E-state index contributed by atoms with van der Waals surface area (Å²) in [6, 6.07) is 5.64. The van der Waals surface area contributed by atoms with Crippen molar-refractivity contribution in [2.75, 3.05) is 0 Å². The first-order chi connectivity index (χ1) is 10.1. The lowest BCUT2D eigenvalue weighted by Gasteiger charge is -2.16. The Morgan fingerprint density at radius 2 is 2.24 bits per heavy atom. The lowest BCUT2D eigenvalue weighted by Crippen LogP contribution is -2.14. The van der Waals surface area contributed by atoms with E-state index >= 15 is 0 Å². The molecule has 0 saturated heterocycles. The van der Waals surface area contributed by atoms with Gasteiger partial charge in [-0.05, 0) is 38.0 Å². The second kappa shape index (κ2) is 6.15. The molecule has 0 unspecified atom stereocenters. The summed E-state index contributed by atoms with van der Waals surface area (Å²) in [6.45, 7) is 3.06. The summed E-state index contributed by atoms with van der Waals surface area (Å²) in [7, 11) is 0. The van der Waals surface area contributed by atoms with Gasteiger partial charge in [-0.1, -0.05) is 15.9 Å². The van der Waals surface area contributed by atoms with Crippen molar-refractivity contribution in [2.24, 2.45) is 0 Å². The molecule has 1 aliphatic heterocycles. The van der Waals surface area contributed by atoms with Gasteiger partial charge in [-0.25, -0.2) is 0 Å². The van der Waals surface area contributed by atoms with E-state index < -0.39 is 6.10 Å². The Labute approximate surface area is 132 Å². The SMILES string of the molecule is C[C@@H](O)c1cc(Br)ccc1OCc1nnc2n1CCCC2. The van der Waals surface area contributed by atoms with E-state index in [0.29, 0.717) is 12.4 Å². The lowest BCUT2D eigenvalue weighted by atomic mass is 10.1. The number of aliphatic hydroxyl groups is 1. The zero-order chi connectivity index (χ0) is 14.8. The number of halogens is 1. The molecule has 0 bridgehead atoms. The molecule has 2 aromatic rings. The summed E-state index contributed by atoms with van der Waals surface area (Å²) >= 11 is 3.41. The minimum Gasteiger partial charge on any atom is -0.485 e. The summed E-state index contributed by atoms with van der Waals surface area (Å²) in [6.07, 6.45) is 2.75. The van der Waals surface area contributed by atoms with Crippen molar-refractivity contribution in [1.82, 2.24) is 14.8 Å². The Balaban J connectivity index is 1.77. The summed E-state index contributed by atoms with van der Waals surface area (Å²) < 4.78 is 8.92. The van der Waals surface area contributed by atoms with Crippen LogP contribution in [0, 0.1) is 0 Å². The van der Waals surface area contributed by atoms with Crippen molar-refractivity contribution in [3.63, 3.8) is 0 Å². The molecule has 1 aromatic carbocycles. The normalized spacial score (nSPS) is 15.6. The van der Waals surface area contributed by atoms with Crippen molar-refractivity contribution in [2.45, 2.75) is 45.4 Å². The van der Waals surface area contributed by atoms with Crippen molar-refractivity contribution >= 4 is 15.9 Å². The summed E-state index contributed by atoms with van der Waals surface area (Å²) in [5, 5.41) is 18.3. The number of hydrogen-bond donors (Lipinski definition) is 1. The topological polar surface area (TPSA) is 60.2 Å². The Hall–Kier alpha value is -1.40. The van der Waals surface area contributed by atoms with Crippen LogP contribution in [0.1, 0.15) is 43.1 Å². The van der Waals surface area contributed by atoms with Gasteiger partial charge in [-0.3, -0.25) is 0 Å². The molecule has 0 aliphatic carbocycles. The van der Waals surface area contributed by atoms with Crippen LogP contribution in [-0.2, 0) is 19.6 Å². The molecule has 0 saturated carbocycles. The predicted molar refractivity (Wildman–Crippen MR) is 82.1 cm³/mol. The molecule has 1 aliphatic rings. The number of rotatable bonds is 4. The summed E-state index contributed by atoms with van der Waals surface area (Å²) in [5.41, 5.74) is 0.766. The number of aliphatic hydroxyl groups excluding tert-OH is 1. The zero-order valence-electron chi connectivity index (χ0n) is 11.9. The van der Waals surface area contributed by atoms with Gasteiger partial charge in [0.05, 0.1) is 6.10 Å². The molecule has 2 heterocycles. The molecule has 112 valence electrons. The molecule has 21 heavy (non-hydrogen) atoms. The molecule has 0 spiro atoms. The standard InChI is InChI=1S/C15H18BrN3O2/c1-10(20)12-8-11(16)5-6-13(12)21-9-15-18-17-14-4-2-3-7-19(14)15/h5-6,8,10,20H,2-4,7,9H2,1H3/t10-/m1/s1. The lowest BCUT2D eigenvalue weighted by molar-refractivity contribution is 0.189. The van der Waals surface area contributed by atoms with Crippen molar-refractivity contribution in [1.29, 1.82) is 0 Å². The molecule has 3 rings (SSSR count). The third-order valence-corrected chi connectivity index (χ3v) is 4.21. The highest BCUT2D eigenvalue weighted by Gasteiger charge is 2.17. The highest BCUT2D eigenvalue weighted by molar-refractivity contribution is 9.10. The van der Waals surface area contributed by atoms with Crippen LogP contribution in [0.3, 0.4) is 0 Å². The summed E-state index contributed by atoms with van der Waals surface area (Å²) in [4.78, 5) is 0. The first-order valence-corrected chi connectivity index (χ1v) is 7.95. The van der Waals surface area contributed by atoms with E-state index in [-0.39, 0.29) is 0 Å². The second-order valence-corrected chi connectivity index (χ2v) is 6.20. The maximum atomic E-state index is 9.84. The Morgan fingerprint density at radius 1 is 1.38 bits per heavy atom. The van der Waals surface area contributed by atoms with Gasteiger partial charge in [-0.15, -0.1) is 10.2 Å². The molecule has 0 fully saturated rings. The van der Waals surface area contributed by atoms with Crippen molar-refractivity contribution < 1.29 is 9.84 Å². The van der Waals surface area contributed by atoms with Gasteiger partial charge in [0.2, 0.25) is 0 Å². The molecular weight excluding hydrogens is 334 g/mol. The summed E-state index contributed by atoms with van der Waals surface area (Å²) in [5.74, 6) is 2.58. The van der Waals surface area contributed by atoms with Crippen LogP contribution in [0.4, 0.5) is 0 Å². The van der Waals surface area contributed by atoms with Gasteiger partial charge in [-0.2, -0.15) is 0 Å². The Kier molecular flexibility index (Phi) is 4.26. The van der Waals surface area contributed by atoms with E-state index in [9.17, 15) is 5.11 Å². The third kappa shape index (κ3) is 3.11. The molecule has 0 amide bonds. The average Bonchev–Trinajstić information content (AvgIpc) is 2.89. The fraction of sp³-hybridized carbons (Fsp3) is 0.467. The van der Waals surface area contributed by atoms with E-state index in [0.717, 1.165) is 41.1 Å². The van der Waals surface area contributed by atoms with E-state index in [1.807, 2.05) is 18.2 Å². The third-order valence-electron chi connectivity index (χ3n) is 3.71.